The minimum Gasteiger partial charge on any atom is -0.483 e. The van der Waals surface area contributed by atoms with Crippen LogP contribution in [-0.2, 0) is 44.7 Å². The zero-order valence-electron chi connectivity index (χ0n) is 36.9. The molecule has 3 rings (SSSR count). The van der Waals surface area contributed by atoms with Gasteiger partial charge in [-0.05, 0) is 69.5 Å². The van der Waals surface area contributed by atoms with Gasteiger partial charge in [0.2, 0.25) is 29.5 Å². The maximum absolute atomic E-state index is 14.5. The number of amides is 7. The molecule has 0 aliphatic carbocycles. The number of aldehydes is 1. The molecule has 1 aliphatic heterocycles. The molecule has 22 nitrogen and oxygen atoms in total. The van der Waals surface area contributed by atoms with E-state index in [0.29, 0.717) is 11.8 Å². The van der Waals surface area contributed by atoms with Crippen LogP contribution in [0.3, 0.4) is 0 Å². The topological polar surface area (TPSA) is 323 Å². The van der Waals surface area contributed by atoms with Gasteiger partial charge in [-0.2, -0.15) is 15.8 Å². The van der Waals surface area contributed by atoms with E-state index in [9.17, 15) is 38.4 Å². The van der Waals surface area contributed by atoms with Crippen molar-refractivity contribution in [2.45, 2.75) is 83.3 Å². The minimum atomic E-state index is -1.58. The number of nitriles is 3. The molecule has 1 unspecified atom stereocenters. The van der Waals surface area contributed by atoms with Crippen LogP contribution in [-0.4, -0.2) is 129 Å². The molecule has 0 radical (unpaired) electrons. The summed E-state index contributed by atoms with van der Waals surface area (Å²) in [5, 5.41) is 45.1. The predicted octanol–water partition coefficient (Wildman–Crippen LogP) is -0.464. The summed E-state index contributed by atoms with van der Waals surface area (Å²) in [5.41, 5.74) is 0.0155. The Labute approximate surface area is 375 Å². The van der Waals surface area contributed by atoms with Crippen LogP contribution in [0, 0.1) is 34.0 Å². The van der Waals surface area contributed by atoms with Gasteiger partial charge in [-0.3, -0.25) is 33.6 Å². The Balaban J connectivity index is 2.33. The van der Waals surface area contributed by atoms with E-state index in [0.717, 1.165) is 4.90 Å². The van der Waals surface area contributed by atoms with Crippen LogP contribution in [0.5, 0.6) is 11.5 Å². The van der Waals surface area contributed by atoms with Gasteiger partial charge in [0.15, 0.2) is 19.0 Å². The summed E-state index contributed by atoms with van der Waals surface area (Å²) in [5.74, 6) is -4.43. The van der Waals surface area contributed by atoms with Crippen LogP contribution in [0.1, 0.15) is 58.2 Å². The molecule has 1 heterocycles. The molecule has 22 heteroatoms. The number of hydrogen-bond donors (Lipinski definition) is 7. The van der Waals surface area contributed by atoms with Crippen molar-refractivity contribution < 1.29 is 52.6 Å². The van der Waals surface area contributed by atoms with Gasteiger partial charge in [0.25, 0.3) is 5.91 Å². The lowest BCUT2D eigenvalue weighted by Gasteiger charge is -2.32. The fourth-order valence-electron chi connectivity index (χ4n) is 6.36. The number of carbonyl (C=O) groups is 8. The van der Waals surface area contributed by atoms with E-state index in [4.69, 9.17) is 30.0 Å². The lowest BCUT2D eigenvalue weighted by molar-refractivity contribution is -0.142. The lowest BCUT2D eigenvalue weighted by atomic mass is 9.93. The summed E-state index contributed by atoms with van der Waals surface area (Å²) < 4.78 is 17.4. The highest BCUT2D eigenvalue weighted by molar-refractivity contribution is 5.96. The largest absolute Gasteiger partial charge is 0.483 e. The predicted molar refractivity (Wildman–Crippen MR) is 229 cm³/mol. The molecule has 5 atom stereocenters. The molecule has 0 aromatic heterocycles. The third-order valence-corrected chi connectivity index (χ3v) is 9.28. The first kappa shape index (κ1) is 51.6. The second-order valence-corrected chi connectivity index (χ2v) is 15.6. The van der Waals surface area contributed by atoms with Crippen molar-refractivity contribution in [1.82, 2.24) is 42.1 Å². The summed E-state index contributed by atoms with van der Waals surface area (Å²) in [6.07, 6.45) is -1.77. The quantitative estimate of drug-likeness (QED) is 0.0566. The number of fused-ring (bicyclic) bond motifs is 5. The highest BCUT2D eigenvalue weighted by atomic mass is 16.6. The van der Waals surface area contributed by atoms with Crippen molar-refractivity contribution in [2.24, 2.45) is 0 Å². The molecule has 0 saturated carbocycles. The molecule has 1 aliphatic rings. The third-order valence-electron chi connectivity index (χ3n) is 9.28. The van der Waals surface area contributed by atoms with Crippen LogP contribution in [0.15, 0.2) is 36.4 Å². The third kappa shape index (κ3) is 16.1. The highest BCUT2D eigenvalue weighted by Crippen LogP contribution is 2.40. The summed E-state index contributed by atoms with van der Waals surface area (Å²) >= 11 is 0. The Kier molecular flexibility index (Phi) is 19.6. The average Bonchev–Trinajstić information content (AvgIpc) is 3.25. The van der Waals surface area contributed by atoms with Gasteiger partial charge in [0, 0.05) is 44.6 Å². The average molecular weight is 900 g/mol. The maximum atomic E-state index is 14.5. The number of likely N-dealkylation sites (N-methyl/N-ethyl adjacent to an activating group) is 1. The SMILES string of the molecule is CC(=O)N[C@@H](CCNC(=O)OC(C)(C)C)C(=O)N(C)[C@@H]1C(=O)N[C@@H](C)C(=O)N[C@H](C(=O)NCC#N)Cc2ccc(OCC(=O)NCC#N)c(c2)-c2cc1ccc2OC(C=O)CNCC#N. The van der Waals surface area contributed by atoms with Crippen molar-refractivity contribution in [3.63, 3.8) is 0 Å². The molecule has 7 amide bonds. The number of benzene rings is 2. The summed E-state index contributed by atoms with van der Waals surface area (Å²) in [4.78, 5) is 107. The number of carbonyl (C=O) groups excluding carboxylic acids is 8. The van der Waals surface area contributed by atoms with E-state index in [1.54, 1.807) is 45.0 Å². The number of rotatable bonds is 18. The molecule has 65 heavy (non-hydrogen) atoms. The number of alkyl carbamates (subject to hydrolysis) is 1. The van der Waals surface area contributed by atoms with Gasteiger partial charge < -0.3 is 56.3 Å². The van der Waals surface area contributed by atoms with E-state index in [1.165, 1.54) is 45.2 Å². The van der Waals surface area contributed by atoms with Crippen molar-refractivity contribution in [3.8, 4) is 40.8 Å². The number of nitrogens with zero attached hydrogens (tertiary/aromatic N) is 4. The summed E-state index contributed by atoms with van der Waals surface area (Å²) in [7, 11) is 1.29. The van der Waals surface area contributed by atoms with Gasteiger partial charge in [0.05, 0.1) is 24.8 Å². The molecule has 0 saturated heterocycles. The Bertz CT molecular complexity index is 2230. The molecule has 7 N–H and O–H groups in total. The molecule has 2 aromatic rings. The lowest BCUT2D eigenvalue weighted by Crippen LogP contribution is -2.56. The fourth-order valence-corrected chi connectivity index (χ4v) is 6.36. The normalized spacial score (nSPS) is 16.6. The van der Waals surface area contributed by atoms with Crippen molar-refractivity contribution >= 4 is 47.8 Å². The Morgan fingerprint density at radius 3 is 2.22 bits per heavy atom. The molecule has 0 spiro atoms. The molecule has 4 bridgehead atoms. The van der Waals surface area contributed by atoms with Crippen molar-refractivity contribution in [1.29, 1.82) is 15.8 Å². The molecule has 2 aromatic carbocycles. The second-order valence-electron chi connectivity index (χ2n) is 15.6. The van der Waals surface area contributed by atoms with E-state index >= 15 is 0 Å². The van der Waals surface area contributed by atoms with Gasteiger partial charge in [-0.1, -0.05) is 12.1 Å². The van der Waals surface area contributed by atoms with Crippen LogP contribution < -0.4 is 46.7 Å². The van der Waals surface area contributed by atoms with Crippen LogP contribution in [0.2, 0.25) is 0 Å². The number of ether oxygens (including phenoxy) is 3. The maximum Gasteiger partial charge on any atom is 0.407 e. The Morgan fingerprint density at radius 2 is 1.57 bits per heavy atom. The monoisotopic (exact) mass is 899 g/mol. The second kappa shape index (κ2) is 24.8. The van der Waals surface area contributed by atoms with Crippen LogP contribution >= 0.6 is 0 Å². The number of hydrogen-bond acceptors (Lipinski definition) is 15. The number of nitrogens with one attached hydrogen (secondary N) is 7. The van der Waals surface area contributed by atoms with Gasteiger partial charge in [0.1, 0.15) is 54.4 Å². The molecule has 0 fully saturated rings. The van der Waals surface area contributed by atoms with Crippen molar-refractivity contribution in [3.05, 3.63) is 47.5 Å². The van der Waals surface area contributed by atoms with E-state index < -0.39 is 90.6 Å². The van der Waals surface area contributed by atoms with E-state index in [-0.39, 0.29) is 67.2 Å². The summed E-state index contributed by atoms with van der Waals surface area (Å²) in [6, 6.07) is 8.87. The molecule has 346 valence electrons. The van der Waals surface area contributed by atoms with Crippen LogP contribution in [0.25, 0.3) is 11.1 Å². The van der Waals surface area contributed by atoms with E-state index in [2.05, 4.69) is 37.2 Å². The first-order chi connectivity index (χ1) is 30.8. The highest BCUT2D eigenvalue weighted by Gasteiger charge is 2.36. The van der Waals surface area contributed by atoms with Gasteiger partial charge in [-0.15, -0.1) is 0 Å². The van der Waals surface area contributed by atoms with Crippen molar-refractivity contribution in [2.75, 3.05) is 46.4 Å². The molecular formula is C43H53N11O11. The van der Waals surface area contributed by atoms with Crippen LogP contribution in [0.4, 0.5) is 4.79 Å². The summed E-state index contributed by atoms with van der Waals surface area (Å²) in [6.45, 7) is 5.90. The molecular weight excluding hydrogens is 847 g/mol. The minimum absolute atomic E-state index is 0.0232. The zero-order valence-corrected chi connectivity index (χ0v) is 36.9. The smallest absolute Gasteiger partial charge is 0.407 e. The standard InChI is InChI=1S/C43H53N11O11/c1-25-38(58)53-33(39(59)49-18-14-46)20-27-7-9-34(63-24-36(57)48-17-13-45)30(19-27)31-21-28(8-10-35(31)64-29(23-55)22-47-16-12-44)37(40(60)51-25)54(6)41(61)32(52-26(2)56)11-15-50-42(62)65-43(3,4)5/h7-10,19,21,23,25,29,32-33,37,47H,11,15-18,20,22,24H2,1-6H3,(H,48,57)(H,49,59)(H,50,62)(H,51,60)(H,52,56)(H,53,58)/t25-,29?,32-,33-,37-/m0/s1. The van der Waals surface area contributed by atoms with Gasteiger partial charge >= 0.3 is 6.09 Å². The zero-order chi connectivity index (χ0) is 48.3. The fraction of sp³-hybridized carbons (Fsp3) is 0.465. The Hall–Kier alpha value is -7.77. The first-order valence-electron chi connectivity index (χ1n) is 20.3. The van der Waals surface area contributed by atoms with E-state index in [1.807, 2.05) is 6.07 Å². The first-order valence-corrected chi connectivity index (χ1v) is 20.3. The van der Waals surface area contributed by atoms with Gasteiger partial charge in [-0.25, -0.2) is 4.79 Å². The Morgan fingerprint density at radius 1 is 0.908 bits per heavy atom.